The van der Waals surface area contributed by atoms with E-state index in [2.05, 4.69) is 51.4 Å². The van der Waals surface area contributed by atoms with Crippen LogP contribution in [0.1, 0.15) is 45.1 Å². The first-order chi connectivity index (χ1) is 13.6. The summed E-state index contributed by atoms with van der Waals surface area (Å²) in [5.74, 6) is 1.04. The molecule has 7 heteroatoms. The molecule has 2 N–H and O–H groups in total. The quantitative estimate of drug-likeness (QED) is 0.701. The van der Waals surface area contributed by atoms with Crippen LogP contribution in [-0.2, 0) is 11.3 Å². The number of piperidine rings is 1. The van der Waals surface area contributed by atoms with E-state index in [1.54, 1.807) is 0 Å². The van der Waals surface area contributed by atoms with Gasteiger partial charge in [0.05, 0.1) is 12.2 Å². The number of pyridine rings is 1. The van der Waals surface area contributed by atoms with Crippen molar-refractivity contribution < 1.29 is 9.53 Å². The number of aromatic nitrogens is 1. The summed E-state index contributed by atoms with van der Waals surface area (Å²) in [5, 5.41) is 5.85. The standard InChI is InChI=1S/C21H35N5O2/c1-17-15-25(16-18(2)28-17)10-6-9-22-21(27)24-14-19-7-8-20(23-13-19)26-11-4-3-5-12-26/h7-8,13,17-18H,3-6,9-12,14-16H2,1-2H3,(H2,22,24,27). The van der Waals surface area contributed by atoms with Crippen molar-refractivity contribution in [3.63, 3.8) is 0 Å². The predicted octanol–water partition coefficient (Wildman–Crippen LogP) is 2.37. The van der Waals surface area contributed by atoms with Gasteiger partial charge in [-0.1, -0.05) is 6.07 Å². The van der Waals surface area contributed by atoms with Crippen molar-refractivity contribution in [3.8, 4) is 0 Å². The third-order valence-electron chi connectivity index (χ3n) is 5.37. The fourth-order valence-corrected chi connectivity index (χ4v) is 4.05. The van der Waals surface area contributed by atoms with Gasteiger partial charge >= 0.3 is 6.03 Å². The van der Waals surface area contributed by atoms with Crippen molar-refractivity contribution in [2.24, 2.45) is 0 Å². The summed E-state index contributed by atoms with van der Waals surface area (Å²) >= 11 is 0. The molecular formula is C21H35N5O2. The van der Waals surface area contributed by atoms with E-state index in [4.69, 9.17) is 4.74 Å². The first-order valence-corrected chi connectivity index (χ1v) is 10.7. The number of anilines is 1. The van der Waals surface area contributed by atoms with Crippen LogP contribution in [0.15, 0.2) is 18.3 Å². The maximum absolute atomic E-state index is 12.0. The molecular weight excluding hydrogens is 354 g/mol. The molecule has 2 aliphatic heterocycles. The summed E-state index contributed by atoms with van der Waals surface area (Å²) in [6, 6.07) is 3.99. The van der Waals surface area contributed by atoms with E-state index >= 15 is 0 Å². The normalized spacial score (nSPS) is 23.4. The van der Waals surface area contributed by atoms with E-state index in [1.807, 2.05) is 6.20 Å². The van der Waals surface area contributed by atoms with Gasteiger partial charge in [0.1, 0.15) is 5.82 Å². The molecule has 2 amide bonds. The highest BCUT2D eigenvalue weighted by Gasteiger charge is 2.21. The Hall–Kier alpha value is -1.86. The second-order valence-corrected chi connectivity index (χ2v) is 8.05. The Morgan fingerprint density at radius 1 is 1.14 bits per heavy atom. The lowest BCUT2D eigenvalue weighted by atomic mass is 10.1. The van der Waals surface area contributed by atoms with Gasteiger partial charge in [0, 0.05) is 52.0 Å². The number of nitrogens with zero attached hydrogens (tertiary/aromatic N) is 3. The average molecular weight is 390 g/mol. The molecule has 0 saturated carbocycles. The lowest BCUT2D eigenvalue weighted by Gasteiger charge is -2.35. The number of rotatable bonds is 7. The number of morpholine rings is 1. The highest BCUT2D eigenvalue weighted by atomic mass is 16.5. The van der Waals surface area contributed by atoms with Gasteiger partial charge < -0.3 is 20.3 Å². The first kappa shape index (κ1) is 20.9. The molecule has 1 aromatic rings. The number of hydrogen-bond donors (Lipinski definition) is 2. The minimum absolute atomic E-state index is 0.121. The summed E-state index contributed by atoms with van der Waals surface area (Å²) in [6.07, 6.45) is 7.19. The van der Waals surface area contributed by atoms with Gasteiger partial charge in [-0.15, -0.1) is 0 Å². The topological polar surface area (TPSA) is 69.7 Å². The zero-order chi connectivity index (χ0) is 19.8. The molecule has 0 spiro atoms. The number of hydrogen-bond acceptors (Lipinski definition) is 5. The van der Waals surface area contributed by atoms with E-state index in [1.165, 1.54) is 19.3 Å². The van der Waals surface area contributed by atoms with Crippen LogP contribution in [0.2, 0.25) is 0 Å². The predicted molar refractivity (Wildman–Crippen MR) is 112 cm³/mol. The van der Waals surface area contributed by atoms with Gasteiger partial charge in [-0.05, 0) is 51.2 Å². The van der Waals surface area contributed by atoms with Crippen molar-refractivity contribution in [1.29, 1.82) is 0 Å². The number of ether oxygens (including phenoxy) is 1. The van der Waals surface area contributed by atoms with Crippen molar-refractivity contribution in [3.05, 3.63) is 23.9 Å². The van der Waals surface area contributed by atoms with Crippen molar-refractivity contribution in [2.45, 2.75) is 58.3 Å². The maximum atomic E-state index is 12.0. The average Bonchev–Trinajstić information content (AvgIpc) is 2.70. The zero-order valence-electron chi connectivity index (χ0n) is 17.3. The Bertz CT molecular complexity index is 593. The van der Waals surface area contributed by atoms with E-state index in [0.717, 1.165) is 50.5 Å². The number of urea groups is 1. The highest BCUT2D eigenvalue weighted by Crippen LogP contribution is 2.17. The summed E-state index contributed by atoms with van der Waals surface area (Å²) in [7, 11) is 0. The molecule has 1 aromatic heterocycles. The third-order valence-corrected chi connectivity index (χ3v) is 5.37. The Morgan fingerprint density at radius 3 is 2.57 bits per heavy atom. The zero-order valence-corrected chi connectivity index (χ0v) is 17.3. The van der Waals surface area contributed by atoms with Gasteiger partial charge in [-0.2, -0.15) is 0 Å². The summed E-state index contributed by atoms with van der Waals surface area (Å²) < 4.78 is 5.75. The van der Waals surface area contributed by atoms with Crippen LogP contribution in [0.25, 0.3) is 0 Å². The molecule has 2 saturated heterocycles. The summed E-state index contributed by atoms with van der Waals surface area (Å²) in [5.41, 5.74) is 1.02. The van der Waals surface area contributed by atoms with Crippen LogP contribution in [0, 0.1) is 0 Å². The van der Waals surface area contributed by atoms with Gasteiger partial charge in [0.2, 0.25) is 0 Å². The van der Waals surface area contributed by atoms with E-state index in [-0.39, 0.29) is 18.2 Å². The number of carbonyl (C=O) groups is 1. The first-order valence-electron chi connectivity index (χ1n) is 10.7. The van der Waals surface area contributed by atoms with Crippen LogP contribution in [-0.4, -0.2) is 67.4 Å². The Balaban J connectivity index is 1.30. The molecule has 2 aliphatic rings. The SMILES string of the molecule is CC1CN(CCCNC(=O)NCc2ccc(N3CCCCC3)nc2)CC(C)O1. The minimum Gasteiger partial charge on any atom is -0.373 e. The lowest BCUT2D eigenvalue weighted by molar-refractivity contribution is -0.0679. The van der Waals surface area contributed by atoms with E-state index in [9.17, 15) is 4.79 Å². The fraction of sp³-hybridized carbons (Fsp3) is 0.714. The third kappa shape index (κ3) is 6.63. The molecule has 28 heavy (non-hydrogen) atoms. The largest absolute Gasteiger partial charge is 0.373 e. The molecule has 3 heterocycles. The fourth-order valence-electron chi connectivity index (χ4n) is 4.05. The molecule has 0 bridgehead atoms. The summed E-state index contributed by atoms with van der Waals surface area (Å²) in [6.45, 7) is 10.5. The number of carbonyl (C=O) groups excluding carboxylic acids is 1. The Labute approximate surface area is 168 Å². The Morgan fingerprint density at radius 2 is 1.89 bits per heavy atom. The molecule has 2 fully saturated rings. The number of amides is 2. The van der Waals surface area contributed by atoms with Gasteiger partial charge in [0.25, 0.3) is 0 Å². The van der Waals surface area contributed by atoms with Crippen molar-refractivity contribution >= 4 is 11.8 Å². The lowest BCUT2D eigenvalue weighted by Crippen LogP contribution is -2.46. The van der Waals surface area contributed by atoms with Gasteiger partial charge in [-0.25, -0.2) is 9.78 Å². The summed E-state index contributed by atoms with van der Waals surface area (Å²) in [4.78, 5) is 21.3. The van der Waals surface area contributed by atoms with Crippen LogP contribution in [0.3, 0.4) is 0 Å². The second kappa shape index (κ2) is 10.6. The number of nitrogens with one attached hydrogen (secondary N) is 2. The van der Waals surface area contributed by atoms with Crippen LogP contribution in [0.5, 0.6) is 0 Å². The van der Waals surface area contributed by atoms with Gasteiger partial charge in [-0.3, -0.25) is 4.90 Å². The minimum atomic E-state index is -0.121. The van der Waals surface area contributed by atoms with Crippen molar-refractivity contribution in [1.82, 2.24) is 20.5 Å². The molecule has 2 unspecified atom stereocenters. The second-order valence-electron chi connectivity index (χ2n) is 8.05. The van der Waals surface area contributed by atoms with E-state index in [0.29, 0.717) is 13.1 Å². The van der Waals surface area contributed by atoms with Crippen molar-refractivity contribution in [2.75, 3.05) is 44.2 Å². The molecule has 0 aromatic carbocycles. The molecule has 0 aliphatic carbocycles. The molecule has 156 valence electrons. The van der Waals surface area contributed by atoms with E-state index < -0.39 is 0 Å². The molecule has 2 atom stereocenters. The van der Waals surface area contributed by atoms with Gasteiger partial charge in [0.15, 0.2) is 0 Å². The Kier molecular flexibility index (Phi) is 7.91. The molecule has 3 rings (SSSR count). The monoisotopic (exact) mass is 389 g/mol. The smallest absolute Gasteiger partial charge is 0.315 e. The molecule has 7 nitrogen and oxygen atoms in total. The van der Waals surface area contributed by atoms with Crippen LogP contribution >= 0.6 is 0 Å². The van der Waals surface area contributed by atoms with Crippen LogP contribution in [0.4, 0.5) is 10.6 Å². The highest BCUT2D eigenvalue weighted by molar-refractivity contribution is 5.73. The van der Waals surface area contributed by atoms with Crippen LogP contribution < -0.4 is 15.5 Å². The maximum Gasteiger partial charge on any atom is 0.315 e. The molecule has 0 radical (unpaired) electrons.